The lowest BCUT2D eigenvalue weighted by molar-refractivity contribution is -0.134. The van der Waals surface area contributed by atoms with E-state index in [-0.39, 0.29) is 5.57 Å². The molecule has 1 amide bonds. The Morgan fingerprint density at radius 2 is 1.59 bits per heavy atom. The van der Waals surface area contributed by atoms with Gasteiger partial charge in [-0.25, -0.2) is 4.79 Å². The third-order valence-electron chi connectivity index (χ3n) is 2.71. The van der Waals surface area contributed by atoms with Crippen molar-refractivity contribution in [2.24, 2.45) is 0 Å². The fourth-order valence-corrected chi connectivity index (χ4v) is 3.70. The van der Waals surface area contributed by atoms with Crippen LogP contribution in [0.4, 0.5) is 5.69 Å². The molecule has 0 fully saturated rings. The van der Waals surface area contributed by atoms with Gasteiger partial charge in [-0.05, 0) is 75.0 Å². The lowest BCUT2D eigenvalue weighted by atomic mass is 10.1. The number of rotatable bonds is 4. The van der Waals surface area contributed by atoms with Gasteiger partial charge in [0.2, 0.25) is 0 Å². The highest BCUT2D eigenvalue weighted by molar-refractivity contribution is 14.1. The monoisotopic (exact) mass is 519 g/mol. The Bertz CT molecular complexity index is 722. The van der Waals surface area contributed by atoms with E-state index in [1.165, 1.54) is 6.08 Å². The van der Waals surface area contributed by atoms with Crippen molar-refractivity contribution in [3.63, 3.8) is 0 Å². The number of benzene rings is 2. The van der Waals surface area contributed by atoms with Crippen LogP contribution in [-0.4, -0.2) is 17.0 Å². The molecule has 0 aromatic heterocycles. The van der Waals surface area contributed by atoms with Crippen LogP contribution in [0.1, 0.15) is 5.56 Å². The summed E-state index contributed by atoms with van der Waals surface area (Å²) in [4.78, 5) is 23.6. The molecule has 6 heteroatoms. The fourth-order valence-electron chi connectivity index (χ4n) is 1.76. The maximum absolute atomic E-state index is 12.2. The Balaban J connectivity index is 2.27. The summed E-state index contributed by atoms with van der Waals surface area (Å²) in [6, 6.07) is 14.4. The van der Waals surface area contributed by atoms with Crippen molar-refractivity contribution < 1.29 is 14.7 Å². The van der Waals surface area contributed by atoms with E-state index in [9.17, 15) is 14.7 Å². The average molecular weight is 519 g/mol. The Kier molecular flexibility index (Phi) is 5.95. The Labute approximate surface area is 154 Å². The molecule has 0 heterocycles. The number of carbonyl (C=O) groups is 2. The molecule has 0 saturated heterocycles. The summed E-state index contributed by atoms with van der Waals surface area (Å²) in [5.41, 5.74) is 0.925. The van der Waals surface area contributed by atoms with Crippen LogP contribution in [-0.2, 0) is 9.59 Å². The largest absolute Gasteiger partial charge is 0.477 e. The zero-order valence-electron chi connectivity index (χ0n) is 11.2. The zero-order valence-corrected chi connectivity index (χ0v) is 15.5. The van der Waals surface area contributed by atoms with Crippen molar-refractivity contribution >= 4 is 68.8 Å². The van der Waals surface area contributed by atoms with E-state index >= 15 is 0 Å². The minimum Gasteiger partial charge on any atom is -0.477 e. The molecule has 112 valence electrons. The second-order valence-corrected chi connectivity index (χ2v) is 6.88. The summed E-state index contributed by atoms with van der Waals surface area (Å²) in [6.07, 6.45) is 1.36. The number of carboxylic acid groups (broad SMARTS) is 1. The number of hydrogen-bond donors (Lipinski definition) is 2. The lowest BCUT2D eigenvalue weighted by Crippen LogP contribution is -2.20. The van der Waals surface area contributed by atoms with Gasteiger partial charge < -0.3 is 10.4 Å². The minimum atomic E-state index is -1.26. The van der Waals surface area contributed by atoms with E-state index < -0.39 is 11.9 Å². The first-order chi connectivity index (χ1) is 10.5. The average Bonchev–Trinajstić information content (AvgIpc) is 2.44. The van der Waals surface area contributed by atoms with Gasteiger partial charge in [0.05, 0.1) is 0 Å². The van der Waals surface area contributed by atoms with Gasteiger partial charge in [0.15, 0.2) is 0 Å². The molecule has 0 unspecified atom stereocenters. The molecule has 4 nitrogen and oxygen atoms in total. The van der Waals surface area contributed by atoms with Gasteiger partial charge in [-0.15, -0.1) is 0 Å². The standard InChI is InChI=1S/C16H11I2NO3/c17-11-7-12(18)9-13(8-11)19-15(20)14(16(21)22)6-10-4-2-1-3-5-10/h1-9H,(H,19,20)(H,21,22)/b14-6+. The molecular formula is C16H11I2NO3. The normalized spacial score (nSPS) is 11.1. The van der Waals surface area contributed by atoms with Gasteiger partial charge in [-0.3, -0.25) is 4.79 Å². The fraction of sp³-hybridized carbons (Fsp3) is 0. The van der Waals surface area contributed by atoms with Crippen LogP contribution < -0.4 is 5.32 Å². The third kappa shape index (κ3) is 4.80. The van der Waals surface area contributed by atoms with Crippen LogP contribution in [0.2, 0.25) is 0 Å². The van der Waals surface area contributed by atoms with Crippen LogP contribution in [0.25, 0.3) is 6.08 Å². The van der Waals surface area contributed by atoms with Gasteiger partial charge in [0, 0.05) is 12.8 Å². The molecule has 0 aliphatic heterocycles. The number of hydrogen-bond acceptors (Lipinski definition) is 2. The third-order valence-corrected chi connectivity index (χ3v) is 3.95. The highest BCUT2D eigenvalue weighted by Gasteiger charge is 2.17. The Hall–Kier alpha value is -1.42. The summed E-state index contributed by atoms with van der Waals surface area (Å²) in [6.45, 7) is 0. The van der Waals surface area contributed by atoms with Gasteiger partial charge in [-0.2, -0.15) is 0 Å². The van der Waals surface area contributed by atoms with Crippen molar-refractivity contribution in [3.8, 4) is 0 Å². The maximum atomic E-state index is 12.2. The van der Waals surface area contributed by atoms with Crippen LogP contribution >= 0.6 is 45.2 Å². The SMILES string of the molecule is O=C(O)/C(=C/c1ccccc1)C(=O)Nc1cc(I)cc(I)c1. The molecular weight excluding hydrogens is 508 g/mol. The first-order valence-corrected chi connectivity index (χ1v) is 8.39. The van der Waals surface area contributed by atoms with E-state index in [2.05, 4.69) is 50.5 Å². The van der Waals surface area contributed by atoms with E-state index in [4.69, 9.17) is 0 Å². The highest BCUT2D eigenvalue weighted by atomic mass is 127. The molecule has 2 N–H and O–H groups in total. The number of carboxylic acids is 1. The molecule has 22 heavy (non-hydrogen) atoms. The minimum absolute atomic E-state index is 0.305. The van der Waals surface area contributed by atoms with Crippen LogP contribution in [0.3, 0.4) is 0 Å². The quantitative estimate of drug-likeness (QED) is 0.278. The lowest BCUT2D eigenvalue weighted by Gasteiger charge is -2.07. The van der Waals surface area contributed by atoms with E-state index in [1.807, 2.05) is 12.1 Å². The van der Waals surface area contributed by atoms with Gasteiger partial charge >= 0.3 is 5.97 Å². The Morgan fingerprint density at radius 3 is 2.14 bits per heavy atom. The molecule has 0 saturated carbocycles. The van der Waals surface area contributed by atoms with Gasteiger partial charge in [0.25, 0.3) is 5.91 Å². The zero-order chi connectivity index (χ0) is 16.1. The summed E-state index contributed by atoms with van der Waals surface area (Å²) in [7, 11) is 0. The summed E-state index contributed by atoms with van der Waals surface area (Å²) < 4.78 is 1.92. The topological polar surface area (TPSA) is 66.4 Å². The second-order valence-electron chi connectivity index (χ2n) is 4.39. The molecule has 0 bridgehead atoms. The van der Waals surface area contributed by atoms with Gasteiger partial charge in [-0.1, -0.05) is 30.3 Å². The van der Waals surface area contributed by atoms with Crippen LogP contribution in [0, 0.1) is 7.14 Å². The number of halogens is 2. The molecule has 2 aromatic rings. The molecule has 2 aromatic carbocycles. The van der Waals surface area contributed by atoms with Crippen LogP contribution in [0.5, 0.6) is 0 Å². The summed E-state index contributed by atoms with van der Waals surface area (Å²) in [5.74, 6) is -1.91. The van der Waals surface area contributed by atoms with Crippen molar-refractivity contribution in [2.75, 3.05) is 5.32 Å². The molecule has 2 rings (SSSR count). The molecule has 0 spiro atoms. The first-order valence-electron chi connectivity index (χ1n) is 6.23. The number of anilines is 1. The van der Waals surface area contributed by atoms with Crippen molar-refractivity contribution in [1.82, 2.24) is 0 Å². The molecule has 0 radical (unpaired) electrons. The number of carbonyl (C=O) groups excluding carboxylic acids is 1. The Morgan fingerprint density at radius 1 is 1.00 bits per heavy atom. The number of amides is 1. The van der Waals surface area contributed by atoms with E-state index in [0.29, 0.717) is 11.3 Å². The van der Waals surface area contributed by atoms with Crippen LogP contribution in [0.15, 0.2) is 54.1 Å². The smallest absolute Gasteiger partial charge is 0.341 e. The predicted octanol–water partition coefficient (Wildman–Crippen LogP) is 4.00. The van der Waals surface area contributed by atoms with Crippen molar-refractivity contribution in [1.29, 1.82) is 0 Å². The van der Waals surface area contributed by atoms with Crippen molar-refractivity contribution in [2.45, 2.75) is 0 Å². The highest BCUT2D eigenvalue weighted by Crippen LogP contribution is 2.19. The van der Waals surface area contributed by atoms with E-state index in [1.54, 1.807) is 36.4 Å². The van der Waals surface area contributed by atoms with E-state index in [0.717, 1.165) is 7.14 Å². The molecule has 0 aliphatic carbocycles. The molecule has 0 aliphatic rings. The summed E-state index contributed by atoms with van der Waals surface area (Å²) in [5, 5.41) is 11.9. The summed E-state index contributed by atoms with van der Waals surface area (Å²) >= 11 is 4.28. The first kappa shape index (κ1) is 16.9. The molecule has 0 atom stereocenters. The number of nitrogens with one attached hydrogen (secondary N) is 1. The van der Waals surface area contributed by atoms with Gasteiger partial charge in [0.1, 0.15) is 5.57 Å². The second kappa shape index (κ2) is 7.73. The van der Waals surface area contributed by atoms with Crippen molar-refractivity contribution in [3.05, 3.63) is 66.8 Å². The number of aliphatic carboxylic acids is 1. The maximum Gasteiger partial charge on any atom is 0.341 e. The predicted molar refractivity (Wildman–Crippen MR) is 103 cm³/mol.